The lowest BCUT2D eigenvalue weighted by Gasteiger charge is -2.10. The number of hydrogen-bond acceptors (Lipinski definition) is 5. The fraction of sp³-hybridized carbons (Fsp3) is 0.417. The molecule has 0 aromatic heterocycles. The van der Waals surface area contributed by atoms with E-state index in [0.29, 0.717) is 0 Å². The van der Waals surface area contributed by atoms with Crippen molar-refractivity contribution in [2.45, 2.75) is 24.8 Å². The molecule has 0 spiro atoms. The maximum absolute atomic E-state index is 13.4. The summed E-state index contributed by atoms with van der Waals surface area (Å²) < 4.78 is 46.0. The number of carbonyl (C=O) groups excluding carboxylic acids is 1. The monoisotopic (exact) mass is 383 g/mol. The summed E-state index contributed by atoms with van der Waals surface area (Å²) in [5.41, 5.74) is -0.261. The Morgan fingerprint density at radius 2 is 2.00 bits per heavy atom. The minimum atomic E-state index is -4.17. The standard InChI is InChI=1S/C12H15BrFNO5S/c1-7(2)19-3-4-20-12(16)9-5-8(14)6-10(11(9)13)21(15,17)18/h5-7H,3-4H2,1-2H3,(H2,15,17,18). The van der Waals surface area contributed by atoms with Gasteiger partial charge >= 0.3 is 5.97 Å². The SMILES string of the molecule is CC(C)OCCOC(=O)c1cc(F)cc(S(N)(=O)=O)c1Br. The van der Waals surface area contributed by atoms with Gasteiger partial charge in [0.15, 0.2) is 0 Å². The lowest BCUT2D eigenvalue weighted by atomic mass is 10.2. The molecule has 0 aliphatic carbocycles. The number of rotatable bonds is 6. The molecule has 118 valence electrons. The molecule has 1 aromatic rings. The Morgan fingerprint density at radius 1 is 1.38 bits per heavy atom. The smallest absolute Gasteiger partial charge is 0.339 e. The number of nitrogens with two attached hydrogens (primary N) is 1. The molecule has 21 heavy (non-hydrogen) atoms. The van der Waals surface area contributed by atoms with Crippen LogP contribution in [0.3, 0.4) is 0 Å². The Balaban J connectivity index is 2.93. The molecule has 0 atom stereocenters. The van der Waals surface area contributed by atoms with E-state index < -0.39 is 26.7 Å². The van der Waals surface area contributed by atoms with E-state index in [4.69, 9.17) is 14.6 Å². The first kappa shape index (κ1) is 18.0. The molecule has 0 saturated carbocycles. The van der Waals surface area contributed by atoms with Crippen molar-refractivity contribution in [1.29, 1.82) is 0 Å². The highest BCUT2D eigenvalue weighted by atomic mass is 79.9. The second kappa shape index (κ2) is 7.30. The van der Waals surface area contributed by atoms with E-state index in [1.165, 1.54) is 0 Å². The second-order valence-corrected chi connectivity index (χ2v) is 6.69. The fourth-order valence-corrected chi connectivity index (χ4v) is 3.12. The summed E-state index contributed by atoms with van der Waals surface area (Å²) in [7, 11) is -4.17. The maximum atomic E-state index is 13.4. The van der Waals surface area contributed by atoms with Gasteiger partial charge in [0.1, 0.15) is 12.4 Å². The lowest BCUT2D eigenvalue weighted by molar-refractivity contribution is 0.0175. The van der Waals surface area contributed by atoms with Gasteiger partial charge in [-0.2, -0.15) is 0 Å². The van der Waals surface area contributed by atoms with Gasteiger partial charge in [-0.15, -0.1) is 0 Å². The highest BCUT2D eigenvalue weighted by Gasteiger charge is 2.22. The van der Waals surface area contributed by atoms with Crippen molar-refractivity contribution in [2.24, 2.45) is 5.14 Å². The predicted octanol–water partition coefficient (Wildman–Crippen LogP) is 1.82. The van der Waals surface area contributed by atoms with Crippen LogP contribution in [0.4, 0.5) is 4.39 Å². The second-order valence-electron chi connectivity index (χ2n) is 4.37. The van der Waals surface area contributed by atoms with Gasteiger partial charge in [-0.05, 0) is 41.9 Å². The molecular formula is C12H15BrFNO5S. The van der Waals surface area contributed by atoms with E-state index in [1.54, 1.807) is 0 Å². The molecule has 0 aliphatic heterocycles. The highest BCUT2D eigenvalue weighted by Crippen LogP contribution is 2.27. The Labute approximate surface area is 130 Å². The molecule has 1 rings (SSSR count). The highest BCUT2D eigenvalue weighted by molar-refractivity contribution is 9.10. The van der Waals surface area contributed by atoms with E-state index >= 15 is 0 Å². The van der Waals surface area contributed by atoms with Gasteiger partial charge in [0.25, 0.3) is 0 Å². The molecule has 2 N–H and O–H groups in total. The fourth-order valence-electron chi connectivity index (χ4n) is 1.42. The third-order valence-electron chi connectivity index (χ3n) is 2.30. The number of esters is 1. The van der Waals surface area contributed by atoms with Crippen LogP contribution in [0.15, 0.2) is 21.5 Å². The lowest BCUT2D eigenvalue weighted by Crippen LogP contribution is -2.17. The summed E-state index contributed by atoms with van der Waals surface area (Å²) >= 11 is 2.93. The molecule has 9 heteroatoms. The van der Waals surface area contributed by atoms with E-state index in [-0.39, 0.29) is 29.4 Å². The molecule has 1 aromatic carbocycles. The number of hydrogen-bond donors (Lipinski definition) is 1. The third kappa shape index (κ3) is 5.34. The topological polar surface area (TPSA) is 95.7 Å². The van der Waals surface area contributed by atoms with Crippen LogP contribution in [-0.2, 0) is 19.5 Å². The van der Waals surface area contributed by atoms with E-state index in [9.17, 15) is 17.6 Å². The first-order valence-electron chi connectivity index (χ1n) is 5.93. The summed E-state index contributed by atoms with van der Waals surface area (Å²) in [6.45, 7) is 3.79. The summed E-state index contributed by atoms with van der Waals surface area (Å²) in [4.78, 5) is 11.3. The van der Waals surface area contributed by atoms with E-state index in [1.807, 2.05) is 13.8 Å². The van der Waals surface area contributed by atoms with Crippen molar-refractivity contribution < 1.29 is 27.1 Å². The molecule has 0 amide bonds. The molecule has 0 fully saturated rings. The molecule has 0 bridgehead atoms. The van der Waals surface area contributed by atoms with Gasteiger partial charge in [0, 0.05) is 0 Å². The molecule has 6 nitrogen and oxygen atoms in total. The summed E-state index contributed by atoms with van der Waals surface area (Å²) in [5.74, 6) is -1.79. The van der Waals surface area contributed by atoms with E-state index in [2.05, 4.69) is 15.9 Å². The largest absolute Gasteiger partial charge is 0.460 e. The van der Waals surface area contributed by atoms with Crippen molar-refractivity contribution in [3.63, 3.8) is 0 Å². The van der Waals surface area contributed by atoms with Gasteiger partial charge < -0.3 is 9.47 Å². The van der Waals surface area contributed by atoms with Crippen LogP contribution in [0, 0.1) is 5.82 Å². The first-order valence-corrected chi connectivity index (χ1v) is 8.27. The van der Waals surface area contributed by atoms with Gasteiger partial charge in [-0.25, -0.2) is 22.7 Å². The number of ether oxygens (including phenoxy) is 2. The van der Waals surface area contributed by atoms with Crippen LogP contribution in [0.5, 0.6) is 0 Å². The van der Waals surface area contributed by atoms with Crippen LogP contribution in [0.1, 0.15) is 24.2 Å². The molecule has 0 aliphatic rings. The number of primary sulfonamides is 1. The Morgan fingerprint density at radius 3 is 2.52 bits per heavy atom. The van der Waals surface area contributed by atoms with Crippen LogP contribution in [-0.4, -0.2) is 33.7 Å². The summed E-state index contributed by atoms with van der Waals surface area (Å²) in [6.07, 6.45) is -0.0152. The van der Waals surface area contributed by atoms with Crippen LogP contribution < -0.4 is 5.14 Å². The summed E-state index contributed by atoms with van der Waals surface area (Å²) in [6, 6.07) is 1.59. The number of sulfonamides is 1. The Hall–Kier alpha value is -1.03. The molecular weight excluding hydrogens is 369 g/mol. The van der Waals surface area contributed by atoms with Crippen LogP contribution in [0.2, 0.25) is 0 Å². The molecule has 0 saturated heterocycles. The van der Waals surface area contributed by atoms with Crippen molar-refractivity contribution in [2.75, 3.05) is 13.2 Å². The predicted molar refractivity (Wildman–Crippen MR) is 76.8 cm³/mol. The Kier molecular flexibility index (Phi) is 6.26. The zero-order chi connectivity index (χ0) is 16.2. The van der Waals surface area contributed by atoms with Gasteiger partial charge in [-0.1, -0.05) is 0 Å². The minimum Gasteiger partial charge on any atom is -0.460 e. The van der Waals surface area contributed by atoms with Crippen molar-refractivity contribution >= 4 is 31.9 Å². The molecule has 0 unspecified atom stereocenters. The first-order chi connectivity index (χ1) is 9.62. The van der Waals surface area contributed by atoms with Crippen LogP contribution >= 0.6 is 15.9 Å². The normalized spacial score (nSPS) is 11.7. The van der Waals surface area contributed by atoms with Crippen molar-refractivity contribution in [1.82, 2.24) is 0 Å². The zero-order valence-corrected chi connectivity index (χ0v) is 13.8. The molecule has 0 heterocycles. The average Bonchev–Trinajstić information content (AvgIpc) is 2.35. The van der Waals surface area contributed by atoms with Crippen molar-refractivity contribution in [3.05, 3.63) is 28.0 Å². The van der Waals surface area contributed by atoms with Crippen molar-refractivity contribution in [3.8, 4) is 0 Å². The van der Waals surface area contributed by atoms with Gasteiger partial charge in [-0.3, -0.25) is 0 Å². The third-order valence-corrected chi connectivity index (χ3v) is 4.35. The molecule has 0 radical (unpaired) electrons. The Bertz CT molecular complexity index is 633. The number of benzene rings is 1. The number of halogens is 2. The van der Waals surface area contributed by atoms with Crippen LogP contribution in [0.25, 0.3) is 0 Å². The quantitative estimate of drug-likeness (QED) is 0.596. The van der Waals surface area contributed by atoms with Gasteiger partial charge in [0.2, 0.25) is 10.0 Å². The minimum absolute atomic E-state index is 0.0152. The average molecular weight is 384 g/mol. The zero-order valence-electron chi connectivity index (χ0n) is 11.4. The van der Waals surface area contributed by atoms with E-state index in [0.717, 1.165) is 12.1 Å². The maximum Gasteiger partial charge on any atom is 0.339 e. The summed E-state index contributed by atoms with van der Waals surface area (Å²) in [5, 5.41) is 4.95. The van der Waals surface area contributed by atoms with Gasteiger partial charge in [0.05, 0.1) is 27.6 Å². The number of carbonyl (C=O) groups is 1.